The Bertz CT molecular complexity index is 2060. The lowest BCUT2D eigenvalue weighted by Crippen LogP contribution is -2.39. The van der Waals surface area contributed by atoms with E-state index in [0.29, 0.717) is 36.1 Å². The number of H-pyrrole nitrogens is 1. The van der Waals surface area contributed by atoms with Crippen LogP contribution < -0.4 is 21.3 Å². The smallest absolute Gasteiger partial charge is 0.340 e. The molecule has 3 aliphatic rings. The van der Waals surface area contributed by atoms with Gasteiger partial charge in [-0.05, 0) is 49.2 Å². The number of phenolic OH excluding ortho intramolecular Hbond substituents is 2. The first kappa shape index (κ1) is 34.0. The van der Waals surface area contributed by atoms with Crippen LogP contribution in [-0.4, -0.2) is 79.9 Å². The topological polar surface area (TPSA) is 219 Å². The van der Waals surface area contributed by atoms with Crippen LogP contribution >= 0.6 is 0 Å². The number of aliphatic hydroxyl groups excluding tert-OH is 2. The van der Waals surface area contributed by atoms with Crippen molar-refractivity contribution >= 4 is 11.9 Å². The Morgan fingerprint density at radius 2 is 1.59 bits per heavy atom. The van der Waals surface area contributed by atoms with Gasteiger partial charge in [-0.15, -0.1) is 0 Å². The van der Waals surface area contributed by atoms with Crippen LogP contribution in [0.4, 0.5) is 0 Å². The largest absolute Gasteiger partial charge is 0.508 e. The van der Waals surface area contributed by atoms with Crippen molar-refractivity contribution < 1.29 is 49.0 Å². The Morgan fingerprint density at radius 3 is 2.27 bits per heavy atom. The van der Waals surface area contributed by atoms with Gasteiger partial charge in [-0.25, -0.2) is 9.59 Å². The normalized spacial score (nSPS) is 21.0. The summed E-state index contributed by atoms with van der Waals surface area (Å²) < 4.78 is 24.6. The maximum atomic E-state index is 13.3. The molecule has 1 aromatic heterocycles. The molecular weight excluding hydrogens is 666 g/mol. The first-order valence-electron chi connectivity index (χ1n) is 16.5. The monoisotopic (exact) mass is 701 g/mol. The van der Waals surface area contributed by atoms with Crippen molar-refractivity contribution in [1.82, 2.24) is 14.9 Å². The molecule has 1 fully saturated rings. The number of hydrogen-bond acceptors (Lipinski definition) is 12. The highest BCUT2D eigenvalue weighted by atomic mass is 16.6. The van der Waals surface area contributed by atoms with Gasteiger partial charge in [-0.2, -0.15) is 0 Å². The number of carbonyl (C=O) groups is 2. The molecule has 0 radical (unpaired) electrons. The molecule has 1 amide bonds. The second-order valence-electron chi connectivity index (χ2n) is 12.6. The number of benzene rings is 3. The predicted molar refractivity (Wildman–Crippen MR) is 177 cm³/mol. The highest BCUT2D eigenvalue weighted by Crippen LogP contribution is 2.57. The van der Waals surface area contributed by atoms with E-state index in [1.54, 1.807) is 24.3 Å². The molecule has 1 saturated heterocycles. The molecule has 0 unspecified atom stereocenters. The number of carbonyl (C=O) groups excluding carboxylic acids is 2. The molecule has 3 aromatic carbocycles. The number of hydrogen-bond donors (Lipinski definition) is 6. The highest BCUT2D eigenvalue weighted by molar-refractivity contribution is 6.01. The summed E-state index contributed by atoms with van der Waals surface area (Å²) in [5.74, 6) is -0.587. The minimum Gasteiger partial charge on any atom is -0.508 e. The molecule has 6 N–H and O–H groups in total. The molecule has 0 bridgehead atoms. The number of aromatic nitrogens is 2. The number of aromatic amines is 1. The van der Waals surface area contributed by atoms with E-state index in [1.165, 1.54) is 36.5 Å². The Hall–Kier alpha value is -5.48. The van der Waals surface area contributed by atoms with Gasteiger partial charge in [0, 0.05) is 59.8 Å². The Balaban J connectivity index is 0.940. The van der Waals surface area contributed by atoms with E-state index in [0.717, 1.165) is 23.5 Å². The summed E-state index contributed by atoms with van der Waals surface area (Å²) in [6.07, 6.45) is -0.113. The summed E-state index contributed by atoms with van der Waals surface area (Å²) in [7, 11) is 0. The molecule has 7 rings (SSSR count). The summed E-state index contributed by atoms with van der Waals surface area (Å²) in [4.78, 5) is 52.3. The molecule has 266 valence electrons. The molecule has 0 saturated carbocycles. The van der Waals surface area contributed by atoms with Crippen LogP contribution in [-0.2, 0) is 19.8 Å². The number of nitrogens with zero attached hydrogens (tertiary/aromatic N) is 1. The van der Waals surface area contributed by atoms with Gasteiger partial charge in [-0.1, -0.05) is 18.9 Å². The number of phenols is 2. The number of aliphatic hydroxyl groups is 2. The van der Waals surface area contributed by atoms with Crippen molar-refractivity contribution in [3.8, 4) is 23.0 Å². The first-order valence-corrected chi connectivity index (χ1v) is 16.5. The van der Waals surface area contributed by atoms with Crippen LogP contribution in [0.5, 0.6) is 23.0 Å². The summed E-state index contributed by atoms with van der Waals surface area (Å²) in [6, 6.07) is 14.9. The maximum absolute atomic E-state index is 13.3. The molecule has 4 atom stereocenters. The first-order chi connectivity index (χ1) is 24.6. The van der Waals surface area contributed by atoms with Crippen LogP contribution in [0, 0.1) is 0 Å². The number of nitrogens with one attached hydrogen (secondary N) is 2. The van der Waals surface area contributed by atoms with Crippen LogP contribution in [0.15, 0.2) is 76.4 Å². The fourth-order valence-corrected chi connectivity index (χ4v) is 6.85. The molecule has 15 heteroatoms. The zero-order chi connectivity index (χ0) is 35.9. The standard InChI is InChI=1S/C36H35N3O12/c40-18-28-30(44)31(33(50-28)39-13-11-29(43)38-35(39)47)48-14-4-2-1-3-12-37-32(45)19-5-8-23-22(15-19)34(46)51-36(23)24-9-6-20(41)16-26(24)49-27-17-21(42)7-10-25(27)36/h5-11,13,15-17,28,30-31,33,40-42,44H,1-4,12,14,18H2,(H,37,45)(H,38,43,47)/t28-,30-,31-,33-/m1/s1. The Morgan fingerprint density at radius 1 is 0.902 bits per heavy atom. The zero-order valence-electron chi connectivity index (χ0n) is 27.1. The number of esters is 1. The van der Waals surface area contributed by atoms with Crippen molar-refractivity contribution in [3.05, 3.63) is 116 Å². The Kier molecular flexibility index (Phi) is 9.12. The minimum atomic E-state index is -1.42. The van der Waals surface area contributed by atoms with Gasteiger partial charge in [0.2, 0.25) is 0 Å². The average Bonchev–Trinajstić information content (AvgIpc) is 3.58. The number of ether oxygens (including phenoxy) is 4. The second-order valence-corrected chi connectivity index (χ2v) is 12.6. The molecule has 1 spiro atoms. The molecule has 4 heterocycles. The van der Waals surface area contributed by atoms with E-state index in [9.17, 15) is 39.6 Å². The van der Waals surface area contributed by atoms with Crippen molar-refractivity contribution in [2.24, 2.45) is 0 Å². The number of amides is 1. The highest BCUT2D eigenvalue weighted by Gasteiger charge is 2.54. The summed E-state index contributed by atoms with van der Waals surface area (Å²) in [6.45, 7) is 0.134. The molecule has 4 aromatic rings. The van der Waals surface area contributed by atoms with Gasteiger partial charge in [0.05, 0.1) is 12.2 Å². The summed E-state index contributed by atoms with van der Waals surface area (Å²) in [5.41, 5.74) is -0.774. The van der Waals surface area contributed by atoms with Gasteiger partial charge in [0.1, 0.15) is 41.3 Å². The third kappa shape index (κ3) is 6.14. The summed E-state index contributed by atoms with van der Waals surface area (Å²) in [5, 5.41) is 43.2. The lowest BCUT2D eigenvalue weighted by molar-refractivity contribution is -0.0749. The molecule has 15 nitrogen and oxygen atoms in total. The average molecular weight is 702 g/mol. The van der Waals surface area contributed by atoms with Gasteiger partial charge >= 0.3 is 11.7 Å². The van der Waals surface area contributed by atoms with E-state index in [-0.39, 0.29) is 46.6 Å². The number of aromatic hydroxyl groups is 2. The third-order valence-electron chi connectivity index (χ3n) is 9.32. The third-order valence-corrected chi connectivity index (χ3v) is 9.32. The van der Waals surface area contributed by atoms with E-state index < -0.39 is 54.0 Å². The SMILES string of the molecule is O=C(NCCCCCCO[C@@H]1[C@H](O)[C@@H](CO)O[C@H]1n1ccc(=O)[nH]c1=O)c1ccc2c(c1)C(=O)OC21c2ccc(O)cc2Oc2cc(O)ccc21. The van der Waals surface area contributed by atoms with E-state index in [4.69, 9.17) is 18.9 Å². The predicted octanol–water partition coefficient (Wildman–Crippen LogP) is 2.14. The van der Waals surface area contributed by atoms with Gasteiger partial charge in [0.15, 0.2) is 11.8 Å². The number of rotatable bonds is 11. The second kappa shape index (κ2) is 13.7. The Labute approximate surface area is 289 Å². The molecule has 0 aliphatic carbocycles. The van der Waals surface area contributed by atoms with E-state index in [2.05, 4.69) is 10.3 Å². The van der Waals surface area contributed by atoms with Gasteiger partial charge in [-0.3, -0.25) is 19.1 Å². The number of fused-ring (bicyclic) bond motifs is 6. The maximum Gasteiger partial charge on any atom is 0.340 e. The fraction of sp³-hybridized carbons (Fsp3) is 0.333. The minimum absolute atomic E-state index is 0.0512. The van der Waals surface area contributed by atoms with Crippen LogP contribution in [0.2, 0.25) is 0 Å². The quantitative estimate of drug-likeness (QED) is 0.0979. The molecule has 51 heavy (non-hydrogen) atoms. The molecule has 3 aliphatic heterocycles. The van der Waals surface area contributed by atoms with Gasteiger partial charge < -0.3 is 44.7 Å². The van der Waals surface area contributed by atoms with Crippen molar-refractivity contribution in [3.63, 3.8) is 0 Å². The van der Waals surface area contributed by atoms with E-state index in [1.807, 2.05) is 0 Å². The lowest BCUT2D eigenvalue weighted by atomic mass is 9.77. The molecular formula is C36H35N3O12. The fourth-order valence-electron chi connectivity index (χ4n) is 6.85. The van der Waals surface area contributed by atoms with Crippen molar-refractivity contribution in [2.45, 2.75) is 55.8 Å². The van der Waals surface area contributed by atoms with Crippen molar-refractivity contribution in [1.29, 1.82) is 0 Å². The summed E-state index contributed by atoms with van der Waals surface area (Å²) >= 11 is 0. The van der Waals surface area contributed by atoms with Gasteiger partial charge in [0.25, 0.3) is 11.5 Å². The zero-order valence-corrected chi connectivity index (χ0v) is 27.1. The number of unbranched alkanes of at least 4 members (excludes halogenated alkanes) is 3. The van der Waals surface area contributed by atoms with Crippen molar-refractivity contribution in [2.75, 3.05) is 19.8 Å². The van der Waals surface area contributed by atoms with Crippen LogP contribution in [0.3, 0.4) is 0 Å². The van der Waals surface area contributed by atoms with E-state index >= 15 is 0 Å². The van der Waals surface area contributed by atoms with Crippen LogP contribution in [0.1, 0.15) is 69.3 Å². The lowest BCUT2D eigenvalue weighted by Gasteiger charge is -2.36. The van der Waals surface area contributed by atoms with Crippen LogP contribution in [0.25, 0.3) is 0 Å².